The average molecular weight is 304 g/mol. The van der Waals surface area contributed by atoms with Crippen molar-refractivity contribution in [2.45, 2.75) is 0 Å². The highest BCUT2D eigenvalue weighted by molar-refractivity contribution is 6.30. The van der Waals surface area contributed by atoms with Crippen molar-refractivity contribution < 1.29 is 4.92 Å². The van der Waals surface area contributed by atoms with Crippen molar-refractivity contribution in [1.82, 2.24) is 0 Å². The van der Waals surface area contributed by atoms with E-state index < -0.39 is 4.92 Å². The van der Waals surface area contributed by atoms with Crippen LogP contribution in [0.3, 0.4) is 0 Å². The largest absolute Gasteiger partial charge is 0.354 e. The highest BCUT2D eigenvalue weighted by atomic mass is 35.5. The first-order chi connectivity index (χ1) is 10.0. The smallest absolute Gasteiger partial charge is 0.273 e. The maximum atomic E-state index is 10.9. The monoisotopic (exact) mass is 303 g/mol. The van der Waals surface area contributed by atoms with Gasteiger partial charge in [-0.25, -0.2) is 0 Å². The number of non-ortho nitro benzene ring substituents is 1. The molecule has 4 N–H and O–H groups in total. The van der Waals surface area contributed by atoms with Gasteiger partial charge in [0.15, 0.2) is 0 Å². The van der Waals surface area contributed by atoms with Gasteiger partial charge < -0.3 is 10.7 Å². The molecule has 2 aromatic carbocycles. The highest BCUT2D eigenvalue weighted by Crippen LogP contribution is 2.29. The Kier molecular flexibility index (Phi) is 4.23. The molecule has 0 fully saturated rings. The minimum Gasteiger partial charge on any atom is -0.354 e. The molecule has 0 radical (unpaired) electrons. The Balaban J connectivity index is 2.44. The lowest BCUT2D eigenvalue weighted by atomic mass is 10.1. The number of nitrogens with one attached hydrogen (secondary N) is 2. The fourth-order valence-electron chi connectivity index (χ4n) is 1.74. The Bertz CT molecular complexity index is 742. The molecule has 21 heavy (non-hydrogen) atoms. The number of nitro benzene ring substituents is 1. The normalized spacial score (nSPS) is 9.76. The van der Waals surface area contributed by atoms with E-state index in [1.165, 1.54) is 12.1 Å². The van der Waals surface area contributed by atoms with Crippen molar-refractivity contribution >= 4 is 34.4 Å². The second-order valence-corrected chi connectivity index (χ2v) is 4.53. The van der Waals surface area contributed by atoms with Crippen LogP contribution in [0.5, 0.6) is 0 Å². The number of nitrogen functional groups attached to an aromatic ring is 1. The van der Waals surface area contributed by atoms with Gasteiger partial charge in [0.25, 0.3) is 5.69 Å². The van der Waals surface area contributed by atoms with Gasteiger partial charge in [-0.05, 0) is 24.3 Å². The van der Waals surface area contributed by atoms with Crippen molar-refractivity contribution in [3.05, 3.63) is 57.1 Å². The van der Waals surface area contributed by atoms with Crippen molar-refractivity contribution in [2.75, 3.05) is 10.7 Å². The number of benzene rings is 2. The molecule has 8 heteroatoms. The molecule has 0 aromatic heterocycles. The number of nitrogens with two attached hydrogens (primary N) is 1. The molecule has 0 atom stereocenters. The van der Waals surface area contributed by atoms with Gasteiger partial charge in [-0.1, -0.05) is 11.6 Å². The standard InChI is InChI=1S/C13H10ClN5O2/c14-9-2-1-8(7-15)13(3-9)17-10-4-11(18-16)6-12(5-10)19(20)21/h1-6,17-18H,16H2. The number of hydrogen-bond acceptors (Lipinski definition) is 6. The molecule has 2 rings (SSSR count). The molecule has 106 valence electrons. The van der Waals surface area contributed by atoms with Crippen molar-refractivity contribution in [3.63, 3.8) is 0 Å². The Morgan fingerprint density at radius 3 is 2.57 bits per heavy atom. The Hall–Kier alpha value is -2.82. The topological polar surface area (TPSA) is 117 Å². The van der Waals surface area contributed by atoms with Gasteiger partial charge in [0.2, 0.25) is 0 Å². The number of halogens is 1. The maximum Gasteiger partial charge on any atom is 0.273 e. The Morgan fingerprint density at radius 1 is 1.24 bits per heavy atom. The summed E-state index contributed by atoms with van der Waals surface area (Å²) in [6.45, 7) is 0. The number of nitrogens with zero attached hydrogens (tertiary/aromatic N) is 2. The second kappa shape index (κ2) is 6.09. The van der Waals surface area contributed by atoms with Gasteiger partial charge in [-0.15, -0.1) is 0 Å². The molecule has 0 saturated carbocycles. The lowest BCUT2D eigenvalue weighted by Gasteiger charge is -2.10. The summed E-state index contributed by atoms with van der Waals surface area (Å²) >= 11 is 5.89. The van der Waals surface area contributed by atoms with Gasteiger partial charge in [0.05, 0.1) is 21.9 Å². The first-order valence-corrected chi connectivity index (χ1v) is 6.14. The van der Waals surface area contributed by atoms with E-state index in [1.54, 1.807) is 24.3 Å². The van der Waals surface area contributed by atoms with E-state index >= 15 is 0 Å². The Labute approximate surface area is 125 Å². The van der Waals surface area contributed by atoms with E-state index in [1.807, 2.05) is 6.07 Å². The minimum absolute atomic E-state index is 0.131. The number of nitro groups is 1. The fourth-order valence-corrected chi connectivity index (χ4v) is 1.92. The van der Waals surface area contributed by atoms with Gasteiger partial charge in [-0.2, -0.15) is 5.26 Å². The molecule has 0 unspecified atom stereocenters. The molecule has 2 aromatic rings. The van der Waals surface area contributed by atoms with Crippen molar-refractivity contribution in [3.8, 4) is 6.07 Å². The second-order valence-electron chi connectivity index (χ2n) is 4.10. The zero-order valence-electron chi connectivity index (χ0n) is 10.6. The molecule has 7 nitrogen and oxygen atoms in total. The van der Waals surface area contributed by atoms with Crippen LogP contribution in [0.25, 0.3) is 0 Å². The third-order valence-electron chi connectivity index (χ3n) is 2.68. The van der Waals surface area contributed by atoms with Gasteiger partial charge in [0, 0.05) is 22.8 Å². The summed E-state index contributed by atoms with van der Waals surface area (Å²) in [5.74, 6) is 5.29. The van der Waals surface area contributed by atoms with Crippen LogP contribution in [0.4, 0.5) is 22.7 Å². The number of nitriles is 1. The molecular weight excluding hydrogens is 294 g/mol. The molecule has 0 bridgehead atoms. The molecule has 0 spiro atoms. The number of anilines is 3. The maximum absolute atomic E-state index is 10.9. The van der Waals surface area contributed by atoms with Crippen LogP contribution in [0.15, 0.2) is 36.4 Å². The summed E-state index contributed by atoms with van der Waals surface area (Å²) in [6.07, 6.45) is 0. The fraction of sp³-hybridized carbons (Fsp3) is 0. The summed E-state index contributed by atoms with van der Waals surface area (Å²) in [7, 11) is 0. The van der Waals surface area contributed by atoms with Crippen LogP contribution in [0, 0.1) is 21.4 Å². The summed E-state index contributed by atoms with van der Waals surface area (Å²) < 4.78 is 0. The van der Waals surface area contributed by atoms with Crippen LogP contribution in [-0.2, 0) is 0 Å². The number of hydrazine groups is 1. The van der Waals surface area contributed by atoms with Crippen LogP contribution >= 0.6 is 11.6 Å². The zero-order valence-corrected chi connectivity index (χ0v) is 11.4. The van der Waals surface area contributed by atoms with Crippen molar-refractivity contribution in [1.29, 1.82) is 5.26 Å². The van der Waals surface area contributed by atoms with Crippen LogP contribution < -0.4 is 16.6 Å². The predicted octanol–water partition coefficient (Wildman–Crippen LogP) is 3.15. The molecule has 0 heterocycles. The first-order valence-electron chi connectivity index (χ1n) is 5.76. The predicted molar refractivity (Wildman–Crippen MR) is 80.4 cm³/mol. The number of rotatable bonds is 4. The highest BCUT2D eigenvalue weighted by Gasteiger charge is 2.11. The van der Waals surface area contributed by atoms with E-state index in [0.29, 0.717) is 27.6 Å². The molecular formula is C13H10ClN5O2. The summed E-state index contributed by atoms with van der Waals surface area (Å²) in [6, 6.07) is 10.9. The zero-order chi connectivity index (χ0) is 15.4. The van der Waals surface area contributed by atoms with Crippen LogP contribution in [0.1, 0.15) is 5.56 Å². The van der Waals surface area contributed by atoms with Gasteiger partial charge in [-0.3, -0.25) is 16.0 Å². The molecule has 0 saturated heterocycles. The molecule has 0 amide bonds. The first kappa shape index (κ1) is 14.6. The van der Waals surface area contributed by atoms with E-state index in [4.69, 9.17) is 22.7 Å². The summed E-state index contributed by atoms with van der Waals surface area (Å²) in [4.78, 5) is 10.4. The SMILES string of the molecule is N#Cc1ccc(Cl)cc1Nc1cc(NN)cc([N+](=O)[O-])c1. The van der Waals surface area contributed by atoms with E-state index in [-0.39, 0.29) is 5.69 Å². The van der Waals surface area contributed by atoms with Crippen LogP contribution in [-0.4, -0.2) is 4.92 Å². The van der Waals surface area contributed by atoms with Gasteiger partial charge in [0.1, 0.15) is 6.07 Å². The summed E-state index contributed by atoms with van der Waals surface area (Å²) in [5, 5.41) is 23.3. The van der Waals surface area contributed by atoms with Crippen LogP contribution in [0.2, 0.25) is 5.02 Å². The lowest BCUT2D eigenvalue weighted by molar-refractivity contribution is -0.384. The lowest BCUT2D eigenvalue weighted by Crippen LogP contribution is -2.07. The van der Waals surface area contributed by atoms with Gasteiger partial charge >= 0.3 is 0 Å². The third kappa shape index (κ3) is 3.39. The van der Waals surface area contributed by atoms with E-state index in [9.17, 15) is 10.1 Å². The average Bonchev–Trinajstić information content (AvgIpc) is 2.47. The van der Waals surface area contributed by atoms with E-state index in [2.05, 4.69) is 10.7 Å². The minimum atomic E-state index is -0.533. The molecule has 0 aliphatic carbocycles. The van der Waals surface area contributed by atoms with Crippen molar-refractivity contribution in [2.24, 2.45) is 5.84 Å². The third-order valence-corrected chi connectivity index (χ3v) is 2.91. The van der Waals surface area contributed by atoms with E-state index in [0.717, 1.165) is 0 Å². The quantitative estimate of drug-likeness (QED) is 0.454. The molecule has 0 aliphatic rings. The number of hydrogen-bond donors (Lipinski definition) is 3. The Morgan fingerprint density at radius 2 is 1.95 bits per heavy atom. The summed E-state index contributed by atoms with van der Waals surface area (Å²) in [5.41, 5.74) is 3.82. The molecule has 0 aliphatic heterocycles.